The molecule has 1 amide bonds. The summed E-state index contributed by atoms with van der Waals surface area (Å²) in [4.78, 5) is 16.4. The number of ether oxygens (including phenoxy) is 1. The van der Waals surface area contributed by atoms with Crippen molar-refractivity contribution in [3.05, 3.63) is 42.5 Å². The molecule has 1 fully saturated rings. The van der Waals surface area contributed by atoms with Crippen LogP contribution in [0.15, 0.2) is 36.7 Å². The Morgan fingerprint density at radius 3 is 2.87 bits per heavy atom. The molecule has 0 aliphatic carbocycles. The van der Waals surface area contributed by atoms with Gasteiger partial charge in [-0.1, -0.05) is 0 Å². The van der Waals surface area contributed by atoms with Gasteiger partial charge in [0.1, 0.15) is 23.4 Å². The van der Waals surface area contributed by atoms with Crippen LogP contribution in [0.25, 0.3) is 22.0 Å². The van der Waals surface area contributed by atoms with E-state index in [9.17, 15) is 18.7 Å². The number of methoxy groups -OCH3 is 1. The van der Waals surface area contributed by atoms with Crippen LogP contribution in [-0.4, -0.2) is 63.7 Å². The van der Waals surface area contributed by atoms with E-state index in [0.29, 0.717) is 33.6 Å². The zero-order valence-corrected chi connectivity index (χ0v) is 16.0. The SMILES string of the molecule is COc1cc(F)ccc1-c1nnc(N[C@@H]2C[C@@H](F)CN(C(=O)O)C2)c2ccncc12. The number of carboxylic acid groups (broad SMARTS) is 1. The van der Waals surface area contributed by atoms with Crippen LogP contribution in [0.5, 0.6) is 5.75 Å². The molecule has 1 aromatic carbocycles. The summed E-state index contributed by atoms with van der Waals surface area (Å²) in [5.74, 6) is 0.256. The van der Waals surface area contributed by atoms with Gasteiger partial charge >= 0.3 is 6.09 Å². The predicted octanol–water partition coefficient (Wildman–Crippen LogP) is 3.34. The first-order chi connectivity index (χ1) is 14.5. The molecule has 8 nitrogen and oxygen atoms in total. The van der Waals surface area contributed by atoms with E-state index in [2.05, 4.69) is 20.5 Å². The molecule has 0 radical (unpaired) electrons. The molecular weight excluding hydrogens is 396 g/mol. The molecule has 1 aliphatic rings. The van der Waals surface area contributed by atoms with Crippen molar-refractivity contribution in [3.8, 4) is 17.0 Å². The number of amides is 1. The maximum Gasteiger partial charge on any atom is 0.407 e. The van der Waals surface area contributed by atoms with Gasteiger partial charge in [-0.3, -0.25) is 4.98 Å². The first-order valence-electron chi connectivity index (χ1n) is 9.29. The van der Waals surface area contributed by atoms with Crippen LogP contribution in [-0.2, 0) is 0 Å². The first kappa shape index (κ1) is 19.7. The number of alkyl halides is 1. The molecule has 0 bridgehead atoms. The Hall–Kier alpha value is -3.56. The van der Waals surface area contributed by atoms with Gasteiger partial charge < -0.3 is 20.1 Å². The molecule has 4 rings (SSSR count). The molecular formula is C20H19F2N5O3. The fourth-order valence-electron chi connectivity index (χ4n) is 3.66. The van der Waals surface area contributed by atoms with Crippen molar-refractivity contribution >= 4 is 22.7 Å². The number of nitrogens with zero attached hydrogens (tertiary/aromatic N) is 4. The van der Waals surface area contributed by atoms with Gasteiger partial charge in [0.15, 0.2) is 5.82 Å². The monoisotopic (exact) mass is 415 g/mol. The number of fused-ring (bicyclic) bond motifs is 1. The lowest BCUT2D eigenvalue weighted by Crippen LogP contribution is -2.49. The lowest BCUT2D eigenvalue weighted by Gasteiger charge is -2.33. The van der Waals surface area contributed by atoms with Crippen molar-refractivity contribution in [2.45, 2.75) is 18.6 Å². The van der Waals surface area contributed by atoms with E-state index in [0.717, 1.165) is 4.90 Å². The van der Waals surface area contributed by atoms with Crippen LogP contribution in [0, 0.1) is 5.82 Å². The van der Waals surface area contributed by atoms with Crippen molar-refractivity contribution in [2.24, 2.45) is 0 Å². The van der Waals surface area contributed by atoms with E-state index in [-0.39, 0.29) is 19.5 Å². The van der Waals surface area contributed by atoms with Crippen molar-refractivity contribution in [2.75, 3.05) is 25.5 Å². The Labute approximate surface area is 170 Å². The molecule has 10 heteroatoms. The standard InChI is InChI=1S/C20H19F2N5O3/c1-30-17-7-11(21)2-3-15(17)18-16-8-23-5-4-14(16)19(26-25-18)24-13-6-12(22)9-27(10-13)20(28)29/h2-5,7-8,12-13H,6,9-10H2,1H3,(H,24,26)(H,28,29)/t12-,13-/m1/s1. The van der Waals surface area contributed by atoms with Crippen LogP contribution >= 0.6 is 0 Å². The molecule has 2 aromatic heterocycles. The number of carbonyl (C=O) groups is 1. The maximum atomic E-state index is 14.0. The van der Waals surface area contributed by atoms with Crippen molar-refractivity contribution < 1.29 is 23.4 Å². The number of nitrogens with one attached hydrogen (secondary N) is 1. The fraction of sp³-hybridized carbons (Fsp3) is 0.300. The number of likely N-dealkylation sites (tertiary alicyclic amines) is 1. The lowest BCUT2D eigenvalue weighted by atomic mass is 10.0. The van der Waals surface area contributed by atoms with E-state index in [4.69, 9.17) is 4.74 Å². The average molecular weight is 415 g/mol. The number of halogens is 2. The summed E-state index contributed by atoms with van der Waals surface area (Å²) in [7, 11) is 1.44. The minimum Gasteiger partial charge on any atom is -0.496 e. The van der Waals surface area contributed by atoms with Gasteiger partial charge in [0, 0.05) is 53.8 Å². The number of piperidine rings is 1. The summed E-state index contributed by atoms with van der Waals surface area (Å²) in [6, 6.07) is 5.39. The van der Waals surface area contributed by atoms with Crippen LogP contribution in [0.1, 0.15) is 6.42 Å². The van der Waals surface area contributed by atoms with Crippen molar-refractivity contribution in [3.63, 3.8) is 0 Å². The van der Waals surface area contributed by atoms with E-state index in [1.807, 2.05) is 0 Å². The van der Waals surface area contributed by atoms with Gasteiger partial charge in [0.05, 0.1) is 13.7 Å². The molecule has 1 aliphatic heterocycles. The van der Waals surface area contributed by atoms with Crippen LogP contribution in [0.3, 0.4) is 0 Å². The molecule has 3 aromatic rings. The number of rotatable bonds is 4. The third-order valence-electron chi connectivity index (χ3n) is 5.01. The van der Waals surface area contributed by atoms with Gasteiger partial charge in [-0.15, -0.1) is 10.2 Å². The largest absolute Gasteiger partial charge is 0.496 e. The molecule has 3 heterocycles. The van der Waals surface area contributed by atoms with E-state index in [1.54, 1.807) is 24.5 Å². The minimum absolute atomic E-state index is 0.136. The van der Waals surface area contributed by atoms with E-state index < -0.39 is 24.1 Å². The lowest BCUT2D eigenvalue weighted by molar-refractivity contribution is 0.102. The molecule has 2 atom stereocenters. The van der Waals surface area contributed by atoms with Gasteiger partial charge in [0.25, 0.3) is 0 Å². The van der Waals surface area contributed by atoms with Gasteiger partial charge in [0.2, 0.25) is 0 Å². The Morgan fingerprint density at radius 2 is 2.10 bits per heavy atom. The average Bonchev–Trinajstić information content (AvgIpc) is 2.74. The molecule has 0 saturated carbocycles. The zero-order chi connectivity index (χ0) is 21.3. The van der Waals surface area contributed by atoms with Gasteiger partial charge in [-0.25, -0.2) is 13.6 Å². The summed E-state index contributed by atoms with van der Waals surface area (Å²) in [5.41, 5.74) is 1.01. The van der Waals surface area contributed by atoms with Crippen LogP contribution in [0.2, 0.25) is 0 Å². The Morgan fingerprint density at radius 1 is 1.27 bits per heavy atom. The second-order valence-electron chi connectivity index (χ2n) is 7.02. The quantitative estimate of drug-likeness (QED) is 0.674. The normalized spacial score (nSPS) is 19.0. The Kier molecular flexibility index (Phi) is 5.30. The molecule has 1 saturated heterocycles. The number of benzene rings is 1. The number of hydrogen-bond acceptors (Lipinski definition) is 6. The number of hydrogen-bond donors (Lipinski definition) is 2. The highest BCUT2D eigenvalue weighted by Crippen LogP contribution is 2.35. The maximum absolute atomic E-state index is 14.0. The fourth-order valence-corrected chi connectivity index (χ4v) is 3.66. The number of pyridine rings is 1. The van der Waals surface area contributed by atoms with Gasteiger partial charge in [-0.2, -0.15) is 0 Å². The van der Waals surface area contributed by atoms with E-state index in [1.165, 1.54) is 19.2 Å². The van der Waals surface area contributed by atoms with Crippen molar-refractivity contribution in [1.82, 2.24) is 20.1 Å². The summed E-state index contributed by atoms with van der Waals surface area (Å²) in [5, 5.41) is 22.1. The Bertz CT molecular complexity index is 1100. The predicted molar refractivity (Wildman–Crippen MR) is 106 cm³/mol. The number of aromatic nitrogens is 3. The smallest absolute Gasteiger partial charge is 0.407 e. The van der Waals surface area contributed by atoms with Crippen LogP contribution in [0.4, 0.5) is 19.4 Å². The second kappa shape index (κ2) is 8.05. The zero-order valence-electron chi connectivity index (χ0n) is 16.0. The highest BCUT2D eigenvalue weighted by molar-refractivity contribution is 6.00. The molecule has 0 spiro atoms. The summed E-state index contributed by atoms with van der Waals surface area (Å²) < 4.78 is 32.9. The third kappa shape index (κ3) is 3.80. The molecule has 30 heavy (non-hydrogen) atoms. The molecule has 2 N–H and O–H groups in total. The highest BCUT2D eigenvalue weighted by Gasteiger charge is 2.30. The van der Waals surface area contributed by atoms with Gasteiger partial charge in [-0.05, 0) is 18.2 Å². The topological polar surface area (TPSA) is 100 Å². The number of anilines is 1. The molecule has 0 unspecified atom stereocenters. The minimum atomic E-state index is -1.27. The second-order valence-corrected chi connectivity index (χ2v) is 7.02. The first-order valence-corrected chi connectivity index (χ1v) is 9.29. The molecule has 156 valence electrons. The van der Waals surface area contributed by atoms with Crippen LogP contribution < -0.4 is 10.1 Å². The Balaban J connectivity index is 1.72. The highest BCUT2D eigenvalue weighted by atomic mass is 19.1. The summed E-state index contributed by atoms with van der Waals surface area (Å²) >= 11 is 0. The van der Waals surface area contributed by atoms with Crippen molar-refractivity contribution in [1.29, 1.82) is 0 Å². The summed E-state index contributed by atoms with van der Waals surface area (Å²) in [6.45, 7) is -0.00922. The summed E-state index contributed by atoms with van der Waals surface area (Å²) in [6.07, 6.45) is 0.920. The third-order valence-corrected chi connectivity index (χ3v) is 5.01. The van der Waals surface area contributed by atoms with E-state index >= 15 is 0 Å².